The highest BCUT2D eigenvalue weighted by Gasteiger charge is 2.36. The van der Waals surface area contributed by atoms with E-state index in [2.05, 4.69) is 5.32 Å². The molecule has 1 aliphatic rings. The zero-order chi connectivity index (χ0) is 18.0. The highest BCUT2D eigenvalue weighted by Crippen LogP contribution is 2.34. The van der Waals surface area contributed by atoms with Crippen LogP contribution in [0.4, 0.5) is 0 Å². The van der Waals surface area contributed by atoms with Crippen molar-refractivity contribution in [2.75, 3.05) is 26.7 Å². The molecule has 142 valence electrons. The second-order valence-corrected chi connectivity index (χ2v) is 8.21. The van der Waals surface area contributed by atoms with Crippen LogP contribution in [0, 0.1) is 13.8 Å². The van der Waals surface area contributed by atoms with E-state index in [-0.39, 0.29) is 18.4 Å². The Morgan fingerprint density at radius 2 is 1.88 bits per heavy atom. The third-order valence-electron chi connectivity index (χ3n) is 4.61. The van der Waals surface area contributed by atoms with Gasteiger partial charge in [-0.1, -0.05) is 35.9 Å². The van der Waals surface area contributed by atoms with Crippen molar-refractivity contribution in [2.24, 2.45) is 0 Å². The van der Waals surface area contributed by atoms with Crippen LogP contribution in [0.3, 0.4) is 0 Å². The first-order valence-corrected chi connectivity index (χ1v) is 9.82. The molecular weight excluding hydrogens is 372 g/mol. The van der Waals surface area contributed by atoms with E-state index in [9.17, 15) is 8.42 Å². The van der Waals surface area contributed by atoms with Gasteiger partial charge >= 0.3 is 0 Å². The van der Waals surface area contributed by atoms with E-state index in [4.69, 9.17) is 4.74 Å². The maximum absolute atomic E-state index is 13.4. The molecule has 1 atom stereocenters. The number of sulfonamides is 1. The molecule has 7 heteroatoms. The molecule has 5 nitrogen and oxygen atoms in total. The van der Waals surface area contributed by atoms with Gasteiger partial charge in [0, 0.05) is 25.2 Å². The van der Waals surface area contributed by atoms with E-state index in [0.29, 0.717) is 30.3 Å². The Balaban J connectivity index is 0.00000243. The molecule has 1 saturated heterocycles. The van der Waals surface area contributed by atoms with Gasteiger partial charge in [0.25, 0.3) is 0 Å². The number of hydrogen-bond donors (Lipinski definition) is 1. The molecule has 0 amide bonds. The van der Waals surface area contributed by atoms with Crippen LogP contribution in [-0.4, -0.2) is 39.5 Å². The molecular formula is C19H25ClN2O3S. The van der Waals surface area contributed by atoms with Crippen LogP contribution in [0.5, 0.6) is 5.75 Å². The summed E-state index contributed by atoms with van der Waals surface area (Å²) in [5, 5.41) is 3.30. The Labute approximate surface area is 161 Å². The number of para-hydroxylation sites is 1. The molecule has 2 aromatic rings. The number of ether oxygens (including phenoxy) is 1. The lowest BCUT2D eigenvalue weighted by Crippen LogP contribution is -2.48. The topological polar surface area (TPSA) is 58.6 Å². The van der Waals surface area contributed by atoms with Crippen LogP contribution in [0.1, 0.15) is 22.7 Å². The van der Waals surface area contributed by atoms with Crippen LogP contribution >= 0.6 is 12.4 Å². The smallest absolute Gasteiger partial charge is 0.243 e. The van der Waals surface area contributed by atoms with Gasteiger partial charge in [0.15, 0.2) is 0 Å². The Morgan fingerprint density at radius 3 is 2.58 bits per heavy atom. The minimum absolute atomic E-state index is 0. The summed E-state index contributed by atoms with van der Waals surface area (Å²) >= 11 is 0. The maximum Gasteiger partial charge on any atom is 0.243 e. The van der Waals surface area contributed by atoms with Gasteiger partial charge in [0.05, 0.1) is 18.0 Å². The number of piperazine rings is 1. The average molecular weight is 397 g/mol. The standard InChI is InChI=1S/C19H24N2O3S.ClH/c1-14-8-9-19(15(2)12-14)25(22,23)21-11-10-20-13-17(21)16-6-4-5-7-18(16)24-3;/h4-9,12,17,20H,10-11,13H2,1-3H3;1H. The van der Waals surface area contributed by atoms with E-state index in [1.165, 1.54) is 0 Å². The van der Waals surface area contributed by atoms with E-state index in [1.807, 2.05) is 50.2 Å². The first-order chi connectivity index (χ1) is 11.9. The first-order valence-electron chi connectivity index (χ1n) is 8.38. The van der Waals surface area contributed by atoms with Crippen LogP contribution in [0.2, 0.25) is 0 Å². The SMILES string of the molecule is COc1ccccc1C1CNCCN1S(=O)(=O)c1ccc(C)cc1C.Cl. The normalized spacial score (nSPS) is 18.2. The summed E-state index contributed by atoms with van der Waals surface area (Å²) < 4.78 is 33.8. The molecule has 2 aromatic carbocycles. The van der Waals surface area contributed by atoms with Crippen molar-refractivity contribution in [1.82, 2.24) is 9.62 Å². The lowest BCUT2D eigenvalue weighted by molar-refractivity contribution is 0.264. The van der Waals surface area contributed by atoms with Crippen LogP contribution < -0.4 is 10.1 Å². The van der Waals surface area contributed by atoms with E-state index < -0.39 is 10.0 Å². The van der Waals surface area contributed by atoms with Gasteiger partial charge in [-0.3, -0.25) is 0 Å². The second kappa shape index (κ2) is 8.39. The predicted octanol–water partition coefficient (Wildman–Crippen LogP) is 3.07. The van der Waals surface area contributed by atoms with Crippen molar-refractivity contribution in [2.45, 2.75) is 24.8 Å². The minimum Gasteiger partial charge on any atom is -0.496 e. The van der Waals surface area contributed by atoms with Crippen LogP contribution in [0.15, 0.2) is 47.4 Å². The Hall–Kier alpha value is -1.60. The van der Waals surface area contributed by atoms with Gasteiger partial charge in [0.2, 0.25) is 10.0 Å². The van der Waals surface area contributed by atoms with Gasteiger partial charge < -0.3 is 10.1 Å². The summed E-state index contributed by atoms with van der Waals surface area (Å²) in [4.78, 5) is 0.375. The fourth-order valence-corrected chi connectivity index (χ4v) is 5.21. The molecule has 1 unspecified atom stereocenters. The lowest BCUT2D eigenvalue weighted by atomic mass is 10.0. The predicted molar refractivity (Wildman–Crippen MR) is 106 cm³/mol. The van der Waals surface area contributed by atoms with E-state index in [0.717, 1.165) is 16.7 Å². The Kier molecular flexibility index (Phi) is 6.69. The van der Waals surface area contributed by atoms with Gasteiger partial charge in [-0.15, -0.1) is 12.4 Å². The highest BCUT2D eigenvalue weighted by molar-refractivity contribution is 7.89. The maximum atomic E-state index is 13.4. The molecule has 0 aliphatic carbocycles. The van der Waals surface area contributed by atoms with Gasteiger partial charge in [-0.05, 0) is 31.5 Å². The minimum atomic E-state index is -3.59. The molecule has 26 heavy (non-hydrogen) atoms. The number of methoxy groups -OCH3 is 1. The summed E-state index contributed by atoms with van der Waals surface area (Å²) in [5.74, 6) is 0.706. The van der Waals surface area contributed by atoms with Gasteiger partial charge in [0.1, 0.15) is 5.75 Å². The summed E-state index contributed by atoms with van der Waals surface area (Å²) in [6.07, 6.45) is 0. The van der Waals surface area contributed by atoms with Crippen LogP contribution in [0.25, 0.3) is 0 Å². The van der Waals surface area contributed by atoms with Crippen molar-refractivity contribution >= 4 is 22.4 Å². The fourth-order valence-electron chi connectivity index (χ4n) is 3.40. The molecule has 1 heterocycles. The number of benzene rings is 2. The molecule has 0 saturated carbocycles. The van der Waals surface area contributed by atoms with E-state index >= 15 is 0 Å². The quantitative estimate of drug-likeness (QED) is 0.862. The number of aryl methyl sites for hydroxylation is 2. The first kappa shape index (κ1) is 20.7. The summed E-state index contributed by atoms with van der Waals surface area (Å²) in [5.41, 5.74) is 2.71. The molecule has 3 rings (SSSR count). The summed E-state index contributed by atoms with van der Waals surface area (Å²) in [6.45, 7) is 5.44. The van der Waals surface area contributed by atoms with Crippen molar-refractivity contribution in [1.29, 1.82) is 0 Å². The van der Waals surface area contributed by atoms with Crippen molar-refractivity contribution < 1.29 is 13.2 Å². The number of nitrogens with zero attached hydrogens (tertiary/aromatic N) is 1. The highest BCUT2D eigenvalue weighted by atomic mass is 35.5. The summed E-state index contributed by atoms with van der Waals surface area (Å²) in [7, 11) is -1.98. The average Bonchev–Trinajstić information content (AvgIpc) is 2.61. The molecule has 0 bridgehead atoms. The molecule has 0 aromatic heterocycles. The lowest BCUT2D eigenvalue weighted by Gasteiger charge is -2.36. The Bertz CT molecular complexity index is 871. The monoisotopic (exact) mass is 396 g/mol. The van der Waals surface area contributed by atoms with Crippen LogP contribution in [-0.2, 0) is 10.0 Å². The molecule has 1 aliphatic heterocycles. The molecule has 0 spiro atoms. The van der Waals surface area contributed by atoms with Gasteiger partial charge in [-0.2, -0.15) is 4.31 Å². The zero-order valence-corrected chi connectivity index (χ0v) is 16.9. The Morgan fingerprint density at radius 1 is 1.15 bits per heavy atom. The molecule has 1 N–H and O–H groups in total. The van der Waals surface area contributed by atoms with E-state index in [1.54, 1.807) is 17.5 Å². The number of nitrogens with one attached hydrogen (secondary N) is 1. The number of halogens is 1. The number of rotatable bonds is 4. The largest absolute Gasteiger partial charge is 0.496 e. The van der Waals surface area contributed by atoms with Gasteiger partial charge in [-0.25, -0.2) is 8.42 Å². The fraction of sp³-hybridized carbons (Fsp3) is 0.368. The zero-order valence-electron chi connectivity index (χ0n) is 15.2. The molecule has 1 fully saturated rings. The number of hydrogen-bond acceptors (Lipinski definition) is 4. The second-order valence-electron chi connectivity index (χ2n) is 6.35. The third kappa shape index (κ3) is 3.88. The van der Waals surface area contributed by atoms with Crippen molar-refractivity contribution in [3.63, 3.8) is 0 Å². The van der Waals surface area contributed by atoms with Crippen molar-refractivity contribution in [3.05, 3.63) is 59.2 Å². The molecule has 0 radical (unpaired) electrons. The third-order valence-corrected chi connectivity index (χ3v) is 6.68. The van der Waals surface area contributed by atoms with Crippen molar-refractivity contribution in [3.8, 4) is 5.75 Å². The summed E-state index contributed by atoms with van der Waals surface area (Å²) in [6, 6.07) is 12.8.